The van der Waals surface area contributed by atoms with Crippen molar-refractivity contribution in [3.63, 3.8) is 0 Å². The SMILES string of the molecule is O=C1NC[C@@H](C(=O)CC(CC2CCC(F)(F)CC2)c2ccc(F)c(Cl)c2F)N1. The molecule has 1 aliphatic carbocycles. The second-order valence-corrected chi connectivity index (χ2v) is 7.95. The molecule has 1 aromatic carbocycles. The summed E-state index contributed by atoms with van der Waals surface area (Å²) in [5, 5.41) is 4.31. The third-order valence-corrected chi connectivity index (χ3v) is 5.91. The molecule has 0 spiro atoms. The molecule has 1 saturated carbocycles. The zero-order chi connectivity index (χ0) is 20.5. The maximum absolute atomic E-state index is 14.6. The minimum atomic E-state index is -2.69. The van der Waals surface area contributed by atoms with Crippen LogP contribution < -0.4 is 10.6 Å². The maximum Gasteiger partial charge on any atom is 0.315 e. The lowest BCUT2D eigenvalue weighted by atomic mass is 9.77. The molecule has 2 fully saturated rings. The van der Waals surface area contributed by atoms with E-state index >= 15 is 0 Å². The molecule has 1 aliphatic heterocycles. The van der Waals surface area contributed by atoms with Gasteiger partial charge in [0.05, 0.1) is 0 Å². The Kier molecular flexibility index (Phi) is 6.17. The number of Topliss-reactive ketones (excluding diaryl/α,β-unsaturated/α-hetero) is 1. The smallest absolute Gasteiger partial charge is 0.315 e. The first kappa shape index (κ1) is 20.9. The molecule has 9 heteroatoms. The third kappa shape index (κ3) is 4.77. The number of carbonyl (C=O) groups excluding carboxylic acids is 2. The molecule has 0 bridgehead atoms. The Morgan fingerprint density at radius 2 is 1.93 bits per heavy atom. The Bertz CT molecular complexity index is 765. The Hall–Kier alpha value is -1.83. The lowest BCUT2D eigenvalue weighted by Crippen LogP contribution is -2.35. The van der Waals surface area contributed by atoms with Crippen molar-refractivity contribution in [2.75, 3.05) is 6.54 Å². The standard InChI is InChI=1S/C19H21ClF4N2O2/c20-16-13(21)2-1-12(17(16)22)11(7-10-3-5-19(23,24)6-4-10)8-15(27)14-9-25-18(28)26-14/h1-2,10-11,14H,3-9H2,(H2,25,26,28)/t11?,14-/m0/s1. The highest BCUT2D eigenvalue weighted by Crippen LogP contribution is 2.42. The van der Waals surface area contributed by atoms with Gasteiger partial charge < -0.3 is 10.6 Å². The predicted octanol–water partition coefficient (Wildman–Crippen LogP) is 4.56. The largest absolute Gasteiger partial charge is 0.336 e. The van der Waals surface area contributed by atoms with Gasteiger partial charge in [0.15, 0.2) is 5.78 Å². The van der Waals surface area contributed by atoms with Crippen LogP contribution in [0.25, 0.3) is 0 Å². The minimum Gasteiger partial charge on any atom is -0.336 e. The summed E-state index contributed by atoms with van der Waals surface area (Å²) in [6, 6.07) is 1.09. The molecule has 2 atom stereocenters. The number of benzene rings is 1. The van der Waals surface area contributed by atoms with E-state index in [4.69, 9.17) is 11.6 Å². The van der Waals surface area contributed by atoms with Crippen LogP contribution in [0.2, 0.25) is 5.02 Å². The van der Waals surface area contributed by atoms with Crippen LogP contribution >= 0.6 is 11.6 Å². The summed E-state index contributed by atoms with van der Waals surface area (Å²) in [6.45, 7) is 0.132. The first-order valence-electron chi connectivity index (χ1n) is 9.24. The van der Waals surface area contributed by atoms with Gasteiger partial charge in [-0.05, 0) is 42.7 Å². The molecule has 3 rings (SSSR count). The van der Waals surface area contributed by atoms with Crippen molar-refractivity contribution in [1.82, 2.24) is 10.6 Å². The van der Waals surface area contributed by atoms with E-state index in [0.717, 1.165) is 6.07 Å². The third-order valence-electron chi connectivity index (χ3n) is 5.57. The van der Waals surface area contributed by atoms with Crippen molar-refractivity contribution in [2.45, 2.75) is 56.4 Å². The summed E-state index contributed by atoms with van der Waals surface area (Å²) in [4.78, 5) is 23.8. The average Bonchev–Trinajstić information content (AvgIpc) is 3.07. The maximum atomic E-state index is 14.6. The molecule has 28 heavy (non-hydrogen) atoms. The Morgan fingerprint density at radius 1 is 1.25 bits per heavy atom. The van der Waals surface area contributed by atoms with E-state index in [9.17, 15) is 27.2 Å². The van der Waals surface area contributed by atoms with Gasteiger partial charge in [-0.2, -0.15) is 0 Å². The van der Waals surface area contributed by atoms with Crippen LogP contribution in [0.1, 0.15) is 50.0 Å². The van der Waals surface area contributed by atoms with Gasteiger partial charge in [-0.3, -0.25) is 4.79 Å². The second kappa shape index (κ2) is 8.27. The number of amides is 2. The van der Waals surface area contributed by atoms with Gasteiger partial charge >= 0.3 is 6.03 Å². The molecule has 2 aliphatic rings. The summed E-state index contributed by atoms with van der Waals surface area (Å²) >= 11 is 5.69. The first-order valence-corrected chi connectivity index (χ1v) is 9.62. The van der Waals surface area contributed by atoms with Gasteiger partial charge in [0, 0.05) is 25.8 Å². The number of hydrogen-bond acceptors (Lipinski definition) is 2. The highest BCUT2D eigenvalue weighted by molar-refractivity contribution is 6.31. The molecule has 2 amide bonds. The summed E-state index contributed by atoms with van der Waals surface area (Å²) in [5.41, 5.74) is 0.0920. The molecule has 154 valence electrons. The number of urea groups is 1. The van der Waals surface area contributed by atoms with Crippen LogP contribution in [0.4, 0.5) is 22.4 Å². The minimum absolute atomic E-state index is 0.0920. The Morgan fingerprint density at radius 3 is 2.54 bits per heavy atom. The van der Waals surface area contributed by atoms with Crippen LogP contribution in [0.3, 0.4) is 0 Å². The number of ketones is 1. The van der Waals surface area contributed by atoms with Crippen molar-refractivity contribution in [1.29, 1.82) is 0 Å². The topological polar surface area (TPSA) is 58.2 Å². The Labute approximate surface area is 165 Å². The summed E-state index contributed by atoms with van der Waals surface area (Å²) in [5.74, 6) is -5.57. The highest BCUT2D eigenvalue weighted by Gasteiger charge is 2.37. The number of nitrogens with one attached hydrogen (secondary N) is 2. The van der Waals surface area contributed by atoms with Gasteiger partial charge in [-0.1, -0.05) is 17.7 Å². The van der Waals surface area contributed by atoms with Crippen LogP contribution in [0.5, 0.6) is 0 Å². The first-order chi connectivity index (χ1) is 13.2. The Balaban J connectivity index is 1.79. The van der Waals surface area contributed by atoms with E-state index in [-0.39, 0.29) is 55.9 Å². The normalized spacial score (nSPS) is 23.2. The highest BCUT2D eigenvalue weighted by atomic mass is 35.5. The molecular weight excluding hydrogens is 400 g/mol. The molecule has 1 heterocycles. The summed E-state index contributed by atoms with van der Waals surface area (Å²) in [6.07, 6.45) is 0.278. The lowest BCUT2D eigenvalue weighted by molar-refractivity contribution is -0.121. The predicted molar refractivity (Wildman–Crippen MR) is 95.6 cm³/mol. The van der Waals surface area contributed by atoms with Crippen molar-refractivity contribution in [2.24, 2.45) is 5.92 Å². The quantitative estimate of drug-likeness (QED) is 0.523. The average molecular weight is 421 g/mol. The molecule has 0 aromatic heterocycles. The van der Waals surface area contributed by atoms with Crippen molar-refractivity contribution in [3.8, 4) is 0 Å². The van der Waals surface area contributed by atoms with Gasteiger partial charge in [0.2, 0.25) is 5.92 Å². The zero-order valence-corrected chi connectivity index (χ0v) is 15.8. The fraction of sp³-hybridized carbons (Fsp3) is 0.579. The van der Waals surface area contributed by atoms with Gasteiger partial charge in [-0.25, -0.2) is 22.4 Å². The van der Waals surface area contributed by atoms with Gasteiger partial charge in [-0.15, -0.1) is 0 Å². The van der Waals surface area contributed by atoms with Crippen molar-refractivity contribution < 1.29 is 27.2 Å². The molecular formula is C19H21ClF4N2O2. The number of rotatable bonds is 6. The van der Waals surface area contributed by atoms with E-state index in [0.29, 0.717) is 6.42 Å². The van der Waals surface area contributed by atoms with Crippen molar-refractivity contribution >= 4 is 23.4 Å². The molecule has 2 N–H and O–H groups in total. The van der Waals surface area contributed by atoms with Crippen LogP contribution in [0.15, 0.2) is 12.1 Å². The second-order valence-electron chi connectivity index (χ2n) is 7.57. The number of hydrogen-bond donors (Lipinski definition) is 2. The lowest BCUT2D eigenvalue weighted by Gasteiger charge is -2.31. The van der Waals surface area contributed by atoms with E-state index < -0.39 is 40.6 Å². The molecule has 1 aromatic rings. The fourth-order valence-corrected chi connectivity index (χ4v) is 4.12. The van der Waals surface area contributed by atoms with Crippen molar-refractivity contribution in [3.05, 3.63) is 34.4 Å². The molecule has 1 unspecified atom stereocenters. The van der Waals surface area contributed by atoms with E-state index in [1.165, 1.54) is 6.07 Å². The van der Waals surface area contributed by atoms with Crippen LogP contribution in [-0.4, -0.2) is 30.3 Å². The van der Waals surface area contributed by atoms with E-state index in [1.54, 1.807) is 0 Å². The molecule has 1 saturated heterocycles. The monoisotopic (exact) mass is 420 g/mol. The number of halogens is 5. The number of alkyl halides is 2. The summed E-state index contributed by atoms with van der Waals surface area (Å²) < 4.78 is 55.0. The van der Waals surface area contributed by atoms with Gasteiger partial charge in [0.1, 0.15) is 22.7 Å². The van der Waals surface area contributed by atoms with E-state index in [1.807, 2.05) is 0 Å². The van der Waals surface area contributed by atoms with Crippen LogP contribution in [-0.2, 0) is 4.79 Å². The fourth-order valence-electron chi connectivity index (χ4n) is 3.95. The summed E-state index contributed by atoms with van der Waals surface area (Å²) in [7, 11) is 0. The molecule has 0 radical (unpaired) electrons. The molecule has 4 nitrogen and oxygen atoms in total. The van der Waals surface area contributed by atoms with E-state index in [2.05, 4.69) is 10.6 Å². The van der Waals surface area contributed by atoms with Gasteiger partial charge in [0.25, 0.3) is 0 Å². The van der Waals surface area contributed by atoms with Crippen LogP contribution in [0, 0.1) is 17.6 Å². The zero-order valence-electron chi connectivity index (χ0n) is 15.0. The number of carbonyl (C=O) groups is 2.